The normalized spacial score (nSPS) is 19.6. The van der Waals surface area contributed by atoms with Gasteiger partial charge >= 0.3 is 0 Å². The van der Waals surface area contributed by atoms with Crippen LogP contribution in [0.1, 0.15) is 36.8 Å². The fourth-order valence-electron chi connectivity index (χ4n) is 3.28. The number of ether oxygens (including phenoxy) is 3. The molecule has 2 aliphatic rings. The van der Waals surface area contributed by atoms with Gasteiger partial charge in [0.2, 0.25) is 6.08 Å². The molecule has 5 nitrogen and oxygen atoms in total. The molecule has 0 atom stereocenters. The zero-order chi connectivity index (χ0) is 14.0. The van der Waals surface area contributed by atoms with Gasteiger partial charge in [0.15, 0.2) is 6.79 Å². The average molecular weight is 275 g/mol. The monoisotopic (exact) mass is 275 g/mol. The lowest BCUT2D eigenvalue weighted by atomic mass is 9.84. The number of isocyanates is 1. The van der Waals surface area contributed by atoms with Crippen molar-refractivity contribution in [3.8, 4) is 11.5 Å². The summed E-state index contributed by atoms with van der Waals surface area (Å²) in [5.41, 5.74) is 1.33. The molecule has 0 spiro atoms. The molecule has 1 aromatic carbocycles. The highest BCUT2D eigenvalue weighted by molar-refractivity contribution is 5.54. The van der Waals surface area contributed by atoms with Gasteiger partial charge in [0.25, 0.3) is 0 Å². The van der Waals surface area contributed by atoms with Crippen molar-refractivity contribution in [2.75, 3.05) is 13.9 Å². The van der Waals surface area contributed by atoms with Gasteiger partial charge in [-0.25, -0.2) is 4.79 Å². The first kappa shape index (κ1) is 13.2. The standard InChI is InChI=1S/C15H17NO4/c1-18-13-5-4-12-11(8-19-10-20-12)14(13)15(16-9-17)6-2-3-7-15/h4-5H,2-3,6-8,10H2,1H3. The molecule has 0 aromatic heterocycles. The molecule has 0 unspecified atom stereocenters. The van der Waals surface area contributed by atoms with E-state index in [1.807, 2.05) is 12.1 Å². The Morgan fingerprint density at radius 2 is 2.15 bits per heavy atom. The first-order chi connectivity index (χ1) is 9.80. The molecule has 5 heteroatoms. The van der Waals surface area contributed by atoms with Gasteiger partial charge in [0, 0.05) is 11.1 Å². The molecule has 0 radical (unpaired) electrons. The summed E-state index contributed by atoms with van der Waals surface area (Å²) in [4.78, 5) is 15.1. The fraction of sp³-hybridized carbons (Fsp3) is 0.533. The maximum Gasteiger partial charge on any atom is 0.235 e. The Balaban J connectivity index is 2.22. The molecule has 1 aromatic rings. The van der Waals surface area contributed by atoms with Gasteiger partial charge < -0.3 is 14.2 Å². The van der Waals surface area contributed by atoms with E-state index >= 15 is 0 Å². The third-order valence-electron chi connectivity index (χ3n) is 4.15. The Morgan fingerprint density at radius 3 is 2.85 bits per heavy atom. The number of aliphatic imine (C=N–C) groups is 1. The Hall–Kier alpha value is -1.84. The number of methoxy groups -OCH3 is 1. The zero-order valence-corrected chi connectivity index (χ0v) is 11.5. The maximum atomic E-state index is 10.9. The lowest BCUT2D eigenvalue weighted by Gasteiger charge is -2.30. The van der Waals surface area contributed by atoms with Crippen molar-refractivity contribution in [1.82, 2.24) is 0 Å². The predicted octanol–water partition coefficient (Wildman–Crippen LogP) is 2.67. The second-order valence-corrected chi connectivity index (χ2v) is 5.17. The van der Waals surface area contributed by atoms with Gasteiger partial charge in [-0.15, -0.1) is 0 Å². The van der Waals surface area contributed by atoms with Crippen molar-refractivity contribution >= 4 is 6.08 Å². The Bertz CT molecular complexity index is 557. The van der Waals surface area contributed by atoms with Crippen molar-refractivity contribution in [2.24, 2.45) is 4.99 Å². The minimum absolute atomic E-state index is 0.253. The lowest BCUT2D eigenvalue weighted by molar-refractivity contribution is -0.0175. The third-order valence-corrected chi connectivity index (χ3v) is 4.15. The van der Waals surface area contributed by atoms with Gasteiger partial charge in [-0.1, -0.05) is 12.8 Å². The summed E-state index contributed by atoms with van der Waals surface area (Å²) < 4.78 is 16.4. The van der Waals surface area contributed by atoms with Crippen LogP contribution in [0.2, 0.25) is 0 Å². The van der Waals surface area contributed by atoms with Gasteiger partial charge in [0.05, 0.1) is 13.7 Å². The Morgan fingerprint density at radius 1 is 1.35 bits per heavy atom. The summed E-state index contributed by atoms with van der Waals surface area (Å²) in [6, 6.07) is 3.76. The molecular formula is C15H17NO4. The number of carbonyl (C=O) groups excluding carboxylic acids is 1. The smallest absolute Gasteiger partial charge is 0.235 e. The fourth-order valence-corrected chi connectivity index (χ4v) is 3.28. The van der Waals surface area contributed by atoms with Crippen LogP contribution in [0.25, 0.3) is 0 Å². The second-order valence-electron chi connectivity index (χ2n) is 5.17. The Labute approximate surface area is 117 Å². The number of rotatable bonds is 3. The minimum atomic E-state index is -0.539. The zero-order valence-electron chi connectivity index (χ0n) is 11.5. The number of fused-ring (bicyclic) bond motifs is 1. The first-order valence-electron chi connectivity index (χ1n) is 6.81. The average Bonchev–Trinajstić information content (AvgIpc) is 2.95. The van der Waals surface area contributed by atoms with Crippen molar-refractivity contribution in [3.05, 3.63) is 23.3 Å². The van der Waals surface area contributed by atoms with Crippen LogP contribution in [0, 0.1) is 0 Å². The molecule has 1 aliphatic carbocycles. The number of hydrogen-bond acceptors (Lipinski definition) is 5. The summed E-state index contributed by atoms with van der Waals surface area (Å²) in [5, 5.41) is 0. The van der Waals surface area contributed by atoms with E-state index in [0.717, 1.165) is 48.3 Å². The van der Waals surface area contributed by atoms with Gasteiger partial charge in [-0.3, -0.25) is 0 Å². The molecule has 1 fully saturated rings. The molecule has 1 saturated carbocycles. The van der Waals surface area contributed by atoms with Crippen molar-refractivity contribution in [2.45, 2.75) is 37.8 Å². The highest BCUT2D eigenvalue weighted by atomic mass is 16.7. The van der Waals surface area contributed by atoms with E-state index in [1.165, 1.54) is 0 Å². The predicted molar refractivity (Wildman–Crippen MR) is 71.5 cm³/mol. The van der Waals surface area contributed by atoms with Crippen LogP contribution in [0.15, 0.2) is 17.1 Å². The Kier molecular flexibility index (Phi) is 3.47. The van der Waals surface area contributed by atoms with Crippen LogP contribution < -0.4 is 9.47 Å². The highest BCUT2D eigenvalue weighted by Gasteiger charge is 2.41. The maximum absolute atomic E-state index is 10.9. The topological polar surface area (TPSA) is 57.1 Å². The van der Waals surface area contributed by atoms with Crippen LogP contribution >= 0.6 is 0 Å². The van der Waals surface area contributed by atoms with Crippen LogP contribution in [0.5, 0.6) is 11.5 Å². The molecule has 1 aliphatic heterocycles. The van der Waals surface area contributed by atoms with Crippen LogP contribution in [-0.2, 0) is 21.7 Å². The molecule has 3 rings (SSSR count). The second kappa shape index (κ2) is 5.27. The highest BCUT2D eigenvalue weighted by Crippen LogP contribution is 2.49. The molecule has 1 heterocycles. The molecule has 0 N–H and O–H groups in total. The largest absolute Gasteiger partial charge is 0.496 e. The quantitative estimate of drug-likeness (QED) is 0.628. The summed E-state index contributed by atoms with van der Waals surface area (Å²) >= 11 is 0. The number of benzene rings is 1. The van der Waals surface area contributed by atoms with Gasteiger partial charge in [-0.05, 0) is 25.0 Å². The summed E-state index contributed by atoms with van der Waals surface area (Å²) in [7, 11) is 1.63. The van der Waals surface area contributed by atoms with E-state index < -0.39 is 5.54 Å². The molecule has 106 valence electrons. The summed E-state index contributed by atoms with van der Waals surface area (Å²) in [6.07, 6.45) is 5.48. The van der Waals surface area contributed by atoms with Crippen LogP contribution in [0.3, 0.4) is 0 Å². The molecular weight excluding hydrogens is 258 g/mol. The SMILES string of the molecule is COc1ccc2c(c1C1(N=C=O)CCCC1)COCO2. The first-order valence-corrected chi connectivity index (χ1v) is 6.81. The van der Waals surface area contributed by atoms with E-state index in [2.05, 4.69) is 4.99 Å². The van der Waals surface area contributed by atoms with Crippen LogP contribution in [0.4, 0.5) is 0 Å². The van der Waals surface area contributed by atoms with E-state index in [9.17, 15) is 4.79 Å². The molecule has 20 heavy (non-hydrogen) atoms. The minimum Gasteiger partial charge on any atom is -0.496 e. The van der Waals surface area contributed by atoms with Crippen molar-refractivity contribution < 1.29 is 19.0 Å². The van der Waals surface area contributed by atoms with Crippen LogP contribution in [-0.4, -0.2) is 20.0 Å². The molecule has 0 bridgehead atoms. The van der Waals surface area contributed by atoms with E-state index in [0.29, 0.717) is 6.61 Å². The van der Waals surface area contributed by atoms with E-state index in [1.54, 1.807) is 13.2 Å². The van der Waals surface area contributed by atoms with E-state index in [4.69, 9.17) is 14.2 Å². The number of nitrogens with zero attached hydrogens (tertiary/aromatic N) is 1. The van der Waals surface area contributed by atoms with Gasteiger partial charge in [-0.2, -0.15) is 4.99 Å². The molecule has 0 amide bonds. The van der Waals surface area contributed by atoms with Crippen molar-refractivity contribution in [3.63, 3.8) is 0 Å². The number of hydrogen-bond donors (Lipinski definition) is 0. The van der Waals surface area contributed by atoms with Crippen molar-refractivity contribution in [1.29, 1.82) is 0 Å². The third kappa shape index (κ3) is 1.99. The van der Waals surface area contributed by atoms with Gasteiger partial charge in [0.1, 0.15) is 17.0 Å². The summed E-state index contributed by atoms with van der Waals surface area (Å²) in [6.45, 7) is 0.709. The summed E-state index contributed by atoms with van der Waals surface area (Å²) in [5.74, 6) is 1.53. The van der Waals surface area contributed by atoms with E-state index in [-0.39, 0.29) is 6.79 Å². The lowest BCUT2D eigenvalue weighted by Crippen LogP contribution is -2.25. The molecule has 0 saturated heterocycles.